The molecule has 1 amide bonds. The Morgan fingerprint density at radius 1 is 0.938 bits per heavy atom. The first-order valence-electron chi connectivity index (χ1n) is 10.1. The zero-order valence-corrected chi connectivity index (χ0v) is 17.8. The number of phenolic OH excluding ortho intramolecular Hbond substituents is 3. The largest absolute Gasteiger partial charge is 0.508 e. The number of aromatic hydroxyl groups is 3. The van der Waals surface area contributed by atoms with Crippen molar-refractivity contribution in [3.63, 3.8) is 0 Å². The number of hydrogen-bond acceptors (Lipinski definition) is 5. The molecule has 0 aliphatic carbocycles. The topological polar surface area (TPSA) is 110 Å². The summed E-state index contributed by atoms with van der Waals surface area (Å²) in [6.07, 6.45) is -0.202. The van der Waals surface area contributed by atoms with Crippen LogP contribution in [-0.4, -0.2) is 31.9 Å². The molecule has 32 heavy (non-hydrogen) atoms. The Kier molecular flexibility index (Phi) is 6.41. The first-order chi connectivity index (χ1) is 15.0. The molecular formula is C25H26FNO5. The van der Waals surface area contributed by atoms with E-state index >= 15 is 0 Å². The molecule has 5 N–H and O–H groups in total. The van der Waals surface area contributed by atoms with E-state index in [4.69, 9.17) is 0 Å². The minimum atomic E-state index is -1.97. The molecule has 3 aromatic carbocycles. The van der Waals surface area contributed by atoms with E-state index in [0.717, 1.165) is 12.1 Å². The van der Waals surface area contributed by atoms with Gasteiger partial charge in [-0.25, -0.2) is 4.39 Å². The fraction of sp³-hybridized carbons (Fsp3) is 0.240. The van der Waals surface area contributed by atoms with E-state index in [1.54, 1.807) is 38.1 Å². The van der Waals surface area contributed by atoms with Crippen LogP contribution >= 0.6 is 0 Å². The number of carbonyl (C=O) groups excluding carboxylic acids is 1. The van der Waals surface area contributed by atoms with Crippen molar-refractivity contribution in [2.24, 2.45) is 0 Å². The number of benzene rings is 3. The molecule has 0 radical (unpaired) electrons. The highest BCUT2D eigenvalue weighted by molar-refractivity contribution is 5.97. The van der Waals surface area contributed by atoms with Gasteiger partial charge in [-0.05, 0) is 35.6 Å². The lowest BCUT2D eigenvalue weighted by Gasteiger charge is -2.36. The quantitative estimate of drug-likeness (QED) is 0.379. The molecule has 0 aliphatic rings. The van der Waals surface area contributed by atoms with Crippen molar-refractivity contribution in [1.29, 1.82) is 0 Å². The number of aliphatic hydroxyl groups is 1. The molecule has 0 saturated heterocycles. The summed E-state index contributed by atoms with van der Waals surface area (Å²) in [6.45, 7) is 3.40. The van der Waals surface area contributed by atoms with Crippen molar-refractivity contribution in [2.45, 2.75) is 37.7 Å². The van der Waals surface area contributed by atoms with Crippen molar-refractivity contribution in [2.75, 3.05) is 5.32 Å². The van der Waals surface area contributed by atoms with Crippen LogP contribution in [0.25, 0.3) is 0 Å². The summed E-state index contributed by atoms with van der Waals surface area (Å²) in [7, 11) is 0. The number of hydrogen-bond donors (Lipinski definition) is 5. The standard InChI is InChI=1S/C25H26FNO5/c1-24(2,21-10-17(26)8-9-22(21)30)15-25(32,14-16-6-4-3-5-7-16)23(31)27-18-11-19(28)13-20(29)12-18/h3-13,28-30,32H,14-15H2,1-2H3,(H,27,31). The van der Waals surface area contributed by atoms with E-state index < -0.39 is 22.7 Å². The molecule has 1 unspecified atom stereocenters. The van der Waals surface area contributed by atoms with Gasteiger partial charge in [0.25, 0.3) is 5.91 Å². The third-order valence-electron chi connectivity index (χ3n) is 5.34. The van der Waals surface area contributed by atoms with Gasteiger partial charge in [0.15, 0.2) is 0 Å². The van der Waals surface area contributed by atoms with E-state index in [-0.39, 0.29) is 41.3 Å². The molecule has 0 spiro atoms. The number of nitrogens with one attached hydrogen (secondary N) is 1. The number of rotatable bonds is 7. The minimum Gasteiger partial charge on any atom is -0.508 e. The zero-order chi connectivity index (χ0) is 23.5. The van der Waals surface area contributed by atoms with Crippen LogP contribution in [0.3, 0.4) is 0 Å². The molecule has 0 aliphatic heterocycles. The van der Waals surface area contributed by atoms with Gasteiger partial charge in [0.1, 0.15) is 28.7 Å². The molecule has 0 fully saturated rings. The number of amides is 1. The van der Waals surface area contributed by atoms with Crippen LogP contribution < -0.4 is 5.32 Å². The van der Waals surface area contributed by atoms with Crippen LogP contribution in [0.5, 0.6) is 17.2 Å². The molecule has 168 valence electrons. The van der Waals surface area contributed by atoms with Crippen molar-refractivity contribution in [3.05, 3.63) is 83.7 Å². The molecular weight excluding hydrogens is 413 g/mol. The van der Waals surface area contributed by atoms with Crippen LogP contribution in [-0.2, 0) is 16.6 Å². The normalized spacial score (nSPS) is 13.4. The molecule has 0 heterocycles. The fourth-order valence-corrected chi connectivity index (χ4v) is 3.95. The average Bonchev–Trinajstić information content (AvgIpc) is 2.69. The van der Waals surface area contributed by atoms with Crippen LogP contribution in [0.1, 0.15) is 31.4 Å². The third-order valence-corrected chi connectivity index (χ3v) is 5.34. The maximum Gasteiger partial charge on any atom is 0.256 e. The van der Waals surface area contributed by atoms with Gasteiger partial charge in [-0.15, -0.1) is 0 Å². The highest BCUT2D eigenvalue weighted by Crippen LogP contribution is 2.39. The number of phenols is 3. The molecule has 0 aromatic heterocycles. The van der Waals surface area contributed by atoms with E-state index in [2.05, 4.69) is 5.32 Å². The van der Waals surface area contributed by atoms with Crippen LogP contribution in [0.2, 0.25) is 0 Å². The Bertz CT molecular complexity index is 1100. The van der Waals surface area contributed by atoms with Gasteiger partial charge in [0.05, 0.1) is 0 Å². The van der Waals surface area contributed by atoms with Gasteiger partial charge < -0.3 is 25.7 Å². The second-order valence-electron chi connectivity index (χ2n) is 8.61. The summed E-state index contributed by atoms with van der Waals surface area (Å²) in [4.78, 5) is 13.3. The number of halogens is 1. The summed E-state index contributed by atoms with van der Waals surface area (Å²) < 4.78 is 13.9. The van der Waals surface area contributed by atoms with Gasteiger partial charge in [-0.1, -0.05) is 44.2 Å². The Balaban J connectivity index is 1.98. The minimum absolute atomic E-state index is 0.0516. The molecule has 6 nitrogen and oxygen atoms in total. The Morgan fingerprint density at radius 2 is 1.56 bits per heavy atom. The first kappa shape index (κ1) is 23.1. The van der Waals surface area contributed by atoms with Gasteiger partial charge in [0.2, 0.25) is 0 Å². The van der Waals surface area contributed by atoms with Gasteiger partial charge >= 0.3 is 0 Å². The lowest BCUT2D eigenvalue weighted by molar-refractivity contribution is -0.136. The van der Waals surface area contributed by atoms with Crippen LogP contribution in [0.4, 0.5) is 10.1 Å². The van der Waals surface area contributed by atoms with E-state index in [9.17, 15) is 29.6 Å². The Labute approximate surface area is 185 Å². The van der Waals surface area contributed by atoms with E-state index in [0.29, 0.717) is 5.56 Å². The summed E-state index contributed by atoms with van der Waals surface area (Å²) >= 11 is 0. The highest BCUT2D eigenvalue weighted by atomic mass is 19.1. The molecule has 3 aromatic rings. The van der Waals surface area contributed by atoms with Crippen LogP contribution in [0, 0.1) is 5.82 Å². The summed E-state index contributed by atoms with van der Waals surface area (Å²) in [6, 6.07) is 16.1. The Morgan fingerprint density at radius 3 is 2.19 bits per heavy atom. The van der Waals surface area contributed by atoms with Gasteiger partial charge in [-0.3, -0.25) is 4.79 Å². The SMILES string of the molecule is CC(C)(CC(O)(Cc1ccccc1)C(=O)Nc1cc(O)cc(O)c1)c1cc(F)ccc1O. The fourth-order valence-electron chi connectivity index (χ4n) is 3.95. The van der Waals surface area contributed by atoms with Crippen molar-refractivity contribution in [1.82, 2.24) is 0 Å². The van der Waals surface area contributed by atoms with Gasteiger partial charge in [0, 0.05) is 35.9 Å². The lowest BCUT2D eigenvalue weighted by atomic mass is 9.72. The maximum atomic E-state index is 13.9. The Hall–Kier alpha value is -3.58. The van der Waals surface area contributed by atoms with Crippen molar-refractivity contribution >= 4 is 11.6 Å². The lowest BCUT2D eigenvalue weighted by Crippen LogP contribution is -2.49. The molecule has 0 saturated carbocycles. The first-order valence-corrected chi connectivity index (χ1v) is 10.1. The molecule has 3 rings (SSSR count). The number of carbonyl (C=O) groups is 1. The number of anilines is 1. The molecule has 0 bridgehead atoms. The molecule has 1 atom stereocenters. The average molecular weight is 439 g/mol. The monoisotopic (exact) mass is 439 g/mol. The third kappa shape index (κ3) is 5.36. The summed E-state index contributed by atoms with van der Waals surface area (Å²) in [5.74, 6) is -1.96. The summed E-state index contributed by atoms with van der Waals surface area (Å²) in [5.41, 5.74) is -1.90. The van der Waals surface area contributed by atoms with Crippen molar-refractivity contribution < 1.29 is 29.6 Å². The van der Waals surface area contributed by atoms with Crippen LogP contribution in [0.15, 0.2) is 66.7 Å². The summed E-state index contributed by atoms with van der Waals surface area (Å²) in [5, 5.41) is 43.8. The predicted molar refractivity (Wildman–Crippen MR) is 119 cm³/mol. The van der Waals surface area contributed by atoms with E-state index in [1.165, 1.54) is 24.3 Å². The van der Waals surface area contributed by atoms with Crippen molar-refractivity contribution in [3.8, 4) is 17.2 Å². The second kappa shape index (κ2) is 8.88. The van der Waals surface area contributed by atoms with E-state index in [1.807, 2.05) is 6.07 Å². The predicted octanol–water partition coefficient (Wildman–Crippen LogP) is 4.22. The second-order valence-corrected chi connectivity index (χ2v) is 8.61. The zero-order valence-electron chi connectivity index (χ0n) is 17.8. The molecule has 7 heteroatoms. The highest BCUT2D eigenvalue weighted by Gasteiger charge is 2.43. The maximum absolute atomic E-state index is 13.9. The smallest absolute Gasteiger partial charge is 0.256 e. The van der Waals surface area contributed by atoms with Gasteiger partial charge in [-0.2, -0.15) is 0 Å².